The number of amides is 1. The lowest BCUT2D eigenvalue weighted by atomic mass is 10.1. The maximum atomic E-state index is 12.1. The molecular weight excluding hydrogens is 346 g/mol. The van der Waals surface area contributed by atoms with E-state index in [-0.39, 0.29) is 12.0 Å². The Morgan fingerprint density at radius 3 is 2.65 bits per heavy atom. The van der Waals surface area contributed by atoms with Crippen LogP contribution in [0, 0.1) is 0 Å². The number of hydrogen-bond donors (Lipinski definition) is 1. The largest absolute Gasteiger partial charge is 0.486 e. The average Bonchev–Trinajstić information content (AvgIpc) is 2.70. The Labute approximate surface area is 156 Å². The van der Waals surface area contributed by atoms with Gasteiger partial charge in [-0.25, -0.2) is 0 Å². The van der Waals surface area contributed by atoms with Crippen LogP contribution in [0.25, 0.3) is 10.8 Å². The molecule has 3 aromatic carbocycles. The second-order valence-corrected chi connectivity index (χ2v) is 7.15. The van der Waals surface area contributed by atoms with E-state index < -0.39 is 0 Å². The molecular formula is C21H19NO3S. The van der Waals surface area contributed by atoms with Gasteiger partial charge in [-0.05, 0) is 35.0 Å². The highest BCUT2D eigenvalue weighted by atomic mass is 32.2. The maximum Gasteiger partial charge on any atom is 0.230 e. The van der Waals surface area contributed by atoms with Crippen LogP contribution in [-0.2, 0) is 4.79 Å². The molecule has 1 atom stereocenters. The molecule has 26 heavy (non-hydrogen) atoms. The first-order valence-electron chi connectivity index (χ1n) is 8.55. The molecule has 1 amide bonds. The van der Waals surface area contributed by atoms with Crippen LogP contribution in [0.15, 0.2) is 71.6 Å². The van der Waals surface area contributed by atoms with Crippen LogP contribution in [-0.4, -0.2) is 30.9 Å². The van der Waals surface area contributed by atoms with E-state index in [1.807, 2.05) is 36.4 Å². The quantitative estimate of drug-likeness (QED) is 0.697. The third-order valence-electron chi connectivity index (χ3n) is 4.19. The van der Waals surface area contributed by atoms with Gasteiger partial charge < -0.3 is 14.8 Å². The summed E-state index contributed by atoms with van der Waals surface area (Å²) in [4.78, 5) is 13.2. The number of benzene rings is 3. The number of thioether (sulfide) groups is 1. The number of para-hydroxylation sites is 2. The van der Waals surface area contributed by atoms with Crippen LogP contribution < -0.4 is 14.8 Å². The minimum atomic E-state index is -0.167. The van der Waals surface area contributed by atoms with Gasteiger partial charge in [0.1, 0.15) is 12.7 Å². The van der Waals surface area contributed by atoms with Gasteiger partial charge in [-0.3, -0.25) is 4.79 Å². The van der Waals surface area contributed by atoms with Crippen LogP contribution in [0.3, 0.4) is 0 Å². The highest BCUT2D eigenvalue weighted by Gasteiger charge is 2.20. The summed E-state index contributed by atoms with van der Waals surface area (Å²) in [5.74, 6) is 1.85. The number of carbonyl (C=O) groups is 1. The molecule has 1 heterocycles. The Kier molecular flexibility index (Phi) is 4.97. The van der Waals surface area contributed by atoms with Crippen molar-refractivity contribution in [3.8, 4) is 11.5 Å². The fraction of sp³-hybridized carbons (Fsp3) is 0.190. The first-order valence-corrected chi connectivity index (χ1v) is 9.53. The summed E-state index contributed by atoms with van der Waals surface area (Å²) in [6.07, 6.45) is -0.167. The lowest BCUT2D eigenvalue weighted by molar-refractivity contribution is -0.119. The molecule has 1 aliphatic rings. The molecule has 4 rings (SSSR count). The number of carbonyl (C=O) groups excluding carboxylic acids is 1. The summed E-state index contributed by atoms with van der Waals surface area (Å²) >= 11 is 1.53. The van der Waals surface area contributed by atoms with Crippen LogP contribution in [0.2, 0.25) is 0 Å². The number of fused-ring (bicyclic) bond motifs is 2. The van der Waals surface area contributed by atoms with Gasteiger partial charge in [0.15, 0.2) is 11.5 Å². The van der Waals surface area contributed by atoms with Gasteiger partial charge in [-0.1, -0.05) is 42.5 Å². The van der Waals surface area contributed by atoms with E-state index in [0.717, 1.165) is 16.4 Å². The van der Waals surface area contributed by atoms with Crippen molar-refractivity contribution in [3.63, 3.8) is 0 Å². The van der Waals surface area contributed by atoms with Crippen molar-refractivity contribution in [3.05, 3.63) is 66.7 Å². The molecule has 0 aliphatic carbocycles. The van der Waals surface area contributed by atoms with Gasteiger partial charge in [0, 0.05) is 4.90 Å². The summed E-state index contributed by atoms with van der Waals surface area (Å²) in [7, 11) is 0. The van der Waals surface area contributed by atoms with Gasteiger partial charge in [-0.15, -0.1) is 11.8 Å². The zero-order valence-corrected chi connectivity index (χ0v) is 15.0. The zero-order chi connectivity index (χ0) is 17.8. The summed E-state index contributed by atoms with van der Waals surface area (Å²) in [6, 6.07) is 22.0. The topological polar surface area (TPSA) is 47.6 Å². The Morgan fingerprint density at radius 2 is 1.77 bits per heavy atom. The van der Waals surface area contributed by atoms with E-state index in [4.69, 9.17) is 9.47 Å². The van der Waals surface area contributed by atoms with Crippen LogP contribution in [0.5, 0.6) is 11.5 Å². The van der Waals surface area contributed by atoms with Crippen LogP contribution in [0.4, 0.5) is 0 Å². The predicted octanol–water partition coefficient (Wildman–Crippen LogP) is 3.89. The Hall–Kier alpha value is -2.66. The molecule has 1 aliphatic heterocycles. The van der Waals surface area contributed by atoms with Crippen molar-refractivity contribution >= 4 is 28.4 Å². The molecule has 0 unspecified atom stereocenters. The summed E-state index contributed by atoms with van der Waals surface area (Å²) in [5, 5.41) is 5.32. The molecule has 0 saturated heterocycles. The van der Waals surface area contributed by atoms with E-state index in [9.17, 15) is 4.79 Å². The highest BCUT2D eigenvalue weighted by Crippen LogP contribution is 2.30. The normalized spacial score (nSPS) is 15.6. The number of rotatable bonds is 5. The smallest absolute Gasteiger partial charge is 0.230 e. The van der Waals surface area contributed by atoms with Crippen molar-refractivity contribution < 1.29 is 14.3 Å². The second-order valence-electron chi connectivity index (χ2n) is 6.10. The standard InChI is InChI=1S/C21H19NO3S/c23-21(14-26-18-10-9-15-5-1-2-6-16(15)11-18)22-12-17-13-24-19-7-3-4-8-20(19)25-17/h1-11,17H,12-14H2,(H,22,23)/t17-/m1/s1. The fourth-order valence-electron chi connectivity index (χ4n) is 2.85. The summed E-state index contributed by atoms with van der Waals surface area (Å²) in [5.41, 5.74) is 0. The highest BCUT2D eigenvalue weighted by molar-refractivity contribution is 8.00. The van der Waals surface area contributed by atoms with E-state index >= 15 is 0 Å². The number of nitrogens with one attached hydrogen (secondary N) is 1. The molecule has 0 aromatic heterocycles. The molecule has 1 N–H and O–H groups in total. The minimum Gasteiger partial charge on any atom is -0.486 e. The van der Waals surface area contributed by atoms with E-state index in [1.54, 1.807) is 0 Å². The SMILES string of the molecule is O=C(CSc1ccc2ccccc2c1)NC[C@@H]1COc2ccccc2O1. The van der Waals surface area contributed by atoms with Crippen LogP contribution in [0.1, 0.15) is 0 Å². The van der Waals surface area contributed by atoms with Crippen molar-refractivity contribution in [1.82, 2.24) is 5.32 Å². The first kappa shape index (κ1) is 16.8. The first-order chi connectivity index (χ1) is 12.8. The lowest BCUT2D eigenvalue weighted by Crippen LogP contribution is -2.41. The van der Waals surface area contributed by atoms with Crippen molar-refractivity contribution in [2.75, 3.05) is 18.9 Å². The fourth-order valence-corrected chi connectivity index (χ4v) is 3.62. The van der Waals surface area contributed by atoms with E-state index in [0.29, 0.717) is 18.9 Å². The summed E-state index contributed by atoms with van der Waals surface area (Å²) < 4.78 is 11.5. The van der Waals surface area contributed by atoms with Gasteiger partial charge in [0.25, 0.3) is 0 Å². The molecule has 0 fully saturated rings. The average molecular weight is 365 g/mol. The monoisotopic (exact) mass is 365 g/mol. The van der Waals surface area contributed by atoms with Crippen molar-refractivity contribution in [1.29, 1.82) is 0 Å². The second kappa shape index (κ2) is 7.70. The molecule has 0 spiro atoms. The zero-order valence-electron chi connectivity index (χ0n) is 14.2. The maximum absolute atomic E-state index is 12.1. The van der Waals surface area contributed by atoms with Gasteiger partial charge in [0.2, 0.25) is 5.91 Å². The van der Waals surface area contributed by atoms with E-state index in [1.165, 1.54) is 22.5 Å². The van der Waals surface area contributed by atoms with Crippen molar-refractivity contribution in [2.45, 2.75) is 11.0 Å². The summed E-state index contributed by atoms with van der Waals surface area (Å²) in [6.45, 7) is 0.876. The molecule has 3 aromatic rings. The molecule has 5 heteroatoms. The molecule has 0 saturated carbocycles. The van der Waals surface area contributed by atoms with Gasteiger partial charge in [0.05, 0.1) is 12.3 Å². The Balaban J connectivity index is 1.26. The molecule has 4 nitrogen and oxygen atoms in total. The lowest BCUT2D eigenvalue weighted by Gasteiger charge is -2.26. The minimum absolute atomic E-state index is 0.00869. The Bertz CT molecular complexity index is 928. The van der Waals surface area contributed by atoms with Gasteiger partial charge >= 0.3 is 0 Å². The number of hydrogen-bond acceptors (Lipinski definition) is 4. The molecule has 0 radical (unpaired) electrons. The number of ether oxygens (including phenoxy) is 2. The third kappa shape index (κ3) is 3.94. The van der Waals surface area contributed by atoms with E-state index in [2.05, 4.69) is 35.6 Å². The van der Waals surface area contributed by atoms with Crippen molar-refractivity contribution in [2.24, 2.45) is 0 Å². The predicted molar refractivity (Wildman–Crippen MR) is 104 cm³/mol. The van der Waals surface area contributed by atoms with Crippen LogP contribution >= 0.6 is 11.8 Å². The third-order valence-corrected chi connectivity index (χ3v) is 5.18. The van der Waals surface area contributed by atoms with Gasteiger partial charge in [-0.2, -0.15) is 0 Å². The molecule has 0 bridgehead atoms. The molecule has 132 valence electrons. The Morgan fingerprint density at radius 1 is 1.00 bits per heavy atom.